The Morgan fingerprint density at radius 2 is 0.719 bits per heavy atom. The minimum absolute atomic E-state index is 0.00746. The van der Waals surface area contributed by atoms with Gasteiger partial charge in [-0.15, -0.1) is 0 Å². The van der Waals surface area contributed by atoms with E-state index in [9.17, 15) is 42.9 Å². The van der Waals surface area contributed by atoms with Crippen LogP contribution in [0.3, 0.4) is 0 Å². The number of carbonyl (C=O) groups excluding carboxylic acids is 3. The summed E-state index contributed by atoms with van der Waals surface area (Å²) < 4.78 is 147. The minimum atomic E-state index is -3.30. The average molecular weight is 1330 g/mol. The zero-order chi connectivity index (χ0) is 78.3. The molecule has 0 aliphatic carbocycles. The first kappa shape index (κ1) is 54.4. The number of benzene rings is 6. The largest absolute Gasteiger partial charge is 0.395 e. The summed E-state index contributed by atoms with van der Waals surface area (Å²) in [6.45, 7) is -6.42. The number of carbonyl (C=O) groups is 3. The van der Waals surface area contributed by atoms with Gasteiger partial charge in [-0.3, -0.25) is 29.3 Å². The molecule has 0 spiro atoms. The second-order valence-corrected chi connectivity index (χ2v) is 22.0. The molecule has 504 valence electrons. The number of amides is 3. The highest BCUT2D eigenvalue weighted by Gasteiger charge is 2.24. The first-order chi connectivity index (χ1) is 50.8. The van der Waals surface area contributed by atoms with E-state index in [1.165, 1.54) is 72.8 Å². The maximum atomic E-state index is 13.7. The van der Waals surface area contributed by atoms with Gasteiger partial charge in [0.05, 0.1) is 146 Å². The second kappa shape index (κ2) is 33.5. The number of anilines is 6. The number of fused-ring (bicyclic) bond motifs is 3. The maximum Gasteiger partial charge on any atom is 0.251 e. The molecule has 3 saturated heterocycles. The van der Waals surface area contributed by atoms with Crippen molar-refractivity contribution in [1.82, 2.24) is 45.9 Å². The molecule has 3 aliphatic rings. The number of nitrogens with one attached hydrogen (secondary N) is 6. The van der Waals surface area contributed by atoms with Gasteiger partial charge in [0.25, 0.3) is 17.7 Å². The van der Waals surface area contributed by atoms with Crippen molar-refractivity contribution in [2.24, 2.45) is 0 Å². The zero-order valence-electron chi connectivity index (χ0n) is 64.3. The molecule has 0 radical (unpaired) electrons. The Kier molecular flexibility index (Phi) is 19.0. The molecule has 3 aliphatic heterocycles. The van der Waals surface area contributed by atoms with Gasteiger partial charge in [-0.25, -0.2) is 28.1 Å². The van der Waals surface area contributed by atoms with Crippen molar-refractivity contribution in [3.63, 3.8) is 0 Å². The lowest BCUT2D eigenvalue weighted by atomic mass is 10.0. The molecule has 3 amide bonds. The number of morpholine rings is 3. The summed E-state index contributed by atoms with van der Waals surface area (Å²) in [6, 6.07) is 25.1. The molecule has 3 unspecified atom stereocenters. The monoisotopic (exact) mass is 1330 g/mol. The topological polar surface area (TPSA) is 299 Å². The summed E-state index contributed by atoms with van der Waals surface area (Å²) in [5.41, 5.74) is 5.66. The third-order valence-electron chi connectivity index (χ3n) is 15.5. The Hall–Kier alpha value is -9.90. The van der Waals surface area contributed by atoms with Crippen LogP contribution < -0.4 is 46.6 Å². The van der Waals surface area contributed by atoms with Crippen LogP contribution in [0.4, 0.5) is 47.7 Å². The highest BCUT2D eigenvalue weighted by atomic mass is 19.1. The van der Waals surface area contributed by atoms with Crippen molar-refractivity contribution in [3.05, 3.63) is 179 Å². The van der Waals surface area contributed by atoms with Crippen molar-refractivity contribution < 1.29 is 73.5 Å². The molecule has 27 heteroatoms. The highest BCUT2D eigenvalue weighted by molar-refractivity contribution is 6.00. The number of aromatic nitrogens is 6. The van der Waals surface area contributed by atoms with Gasteiger partial charge in [0.2, 0.25) is 0 Å². The van der Waals surface area contributed by atoms with E-state index in [0.717, 1.165) is 0 Å². The lowest BCUT2D eigenvalue weighted by Crippen LogP contribution is -2.36. The van der Waals surface area contributed by atoms with Crippen molar-refractivity contribution in [2.45, 2.75) is 38.9 Å². The van der Waals surface area contributed by atoms with E-state index in [2.05, 4.69) is 30.9 Å². The van der Waals surface area contributed by atoms with E-state index in [1.54, 1.807) is 75.8 Å². The molecule has 24 nitrogen and oxygen atoms in total. The standard InChI is InChI=1S/3C23H26FN5O3/c3*1-15(27-18-4-2-3-17(24)13-18)19-11-16(23(31)25-5-8-30)12-20-22(19)28-21(14-26-20)29-6-9-32-10-7-29/h3*2-4,11-15,27,30H,5-10H2,1H3,(H,25,31)/i3*5D2,8D2. The second-order valence-electron chi connectivity index (χ2n) is 22.0. The third-order valence-corrected chi connectivity index (χ3v) is 15.5. The Balaban J connectivity index is 0.000000173. The van der Waals surface area contributed by atoms with Crippen LogP contribution in [0.5, 0.6) is 0 Å². The van der Waals surface area contributed by atoms with E-state index >= 15 is 0 Å². The lowest BCUT2D eigenvalue weighted by molar-refractivity contribution is 0.0937. The molecular formula is C69H78F3N15O9. The van der Waals surface area contributed by atoms with Gasteiger partial charge >= 0.3 is 0 Å². The van der Waals surface area contributed by atoms with Crippen molar-refractivity contribution >= 4 is 85.3 Å². The smallest absolute Gasteiger partial charge is 0.251 e. The van der Waals surface area contributed by atoms with Gasteiger partial charge in [-0.2, -0.15) is 0 Å². The molecule has 3 atom stereocenters. The SMILES string of the molecule is [2H]C([2H])(O)C([2H])([2H])NC(=O)c1cc(C(C)Nc2cccc(F)c2)c2nc(N3CCOCC3)cnc2c1.[2H]C([2H])(O)C([2H])([2H])NC(=O)c1cc(C(C)Nc2cccc(F)c2)c2nc(N3CCOCC3)cnc2c1.[2H]C([2H])(O)C([2H])([2H])NC(=O)c1cc(C(C)Nc2cccc(F)c2)c2nc(N3CCOCC3)cnc2c1. The number of hydrogen-bond donors (Lipinski definition) is 9. The van der Waals surface area contributed by atoms with E-state index in [0.29, 0.717) is 163 Å². The minimum Gasteiger partial charge on any atom is -0.395 e. The summed E-state index contributed by atoms with van der Waals surface area (Å²) in [6.07, 6.45) is 4.74. The molecule has 9 aromatic rings. The highest BCUT2D eigenvalue weighted by Crippen LogP contribution is 2.33. The fourth-order valence-corrected chi connectivity index (χ4v) is 10.8. The molecule has 3 fully saturated rings. The van der Waals surface area contributed by atoms with Crippen LogP contribution in [-0.4, -0.2) is 181 Å². The molecule has 0 saturated carbocycles. The predicted octanol–water partition coefficient (Wildman–Crippen LogP) is 7.50. The lowest BCUT2D eigenvalue weighted by Gasteiger charge is -2.28. The van der Waals surface area contributed by atoms with Gasteiger partial charge in [-0.1, -0.05) is 18.2 Å². The van der Waals surface area contributed by atoms with Crippen LogP contribution in [0.2, 0.25) is 0 Å². The van der Waals surface area contributed by atoms with Gasteiger partial charge in [-0.05, 0) is 112 Å². The molecule has 9 N–H and O–H groups in total. The van der Waals surface area contributed by atoms with E-state index in [-0.39, 0.29) is 16.7 Å². The summed E-state index contributed by atoms with van der Waals surface area (Å²) in [5, 5.41) is 43.6. The Labute approximate surface area is 569 Å². The van der Waals surface area contributed by atoms with Crippen LogP contribution in [-0.2, 0) is 14.2 Å². The van der Waals surface area contributed by atoms with Crippen LogP contribution in [0.25, 0.3) is 33.1 Å². The molecule has 6 aromatic carbocycles. The summed E-state index contributed by atoms with van der Waals surface area (Å²) in [4.78, 5) is 72.5. The first-order valence-electron chi connectivity index (χ1n) is 36.4. The zero-order valence-corrected chi connectivity index (χ0v) is 52.3. The van der Waals surface area contributed by atoms with Crippen LogP contribution in [0, 0.1) is 17.5 Å². The number of nitrogens with zero attached hydrogens (tertiary/aromatic N) is 9. The number of hydrogen-bond acceptors (Lipinski definition) is 21. The van der Waals surface area contributed by atoms with Gasteiger partial charge in [0.15, 0.2) is 0 Å². The number of rotatable bonds is 21. The van der Waals surface area contributed by atoms with Crippen LogP contribution in [0.1, 0.15) is 103 Å². The Bertz CT molecular complexity index is 4270. The summed E-state index contributed by atoms with van der Waals surface area (Å²) >= 11 is 0. The Morgan fingerprint density at radius 3 is 0.969 bits per heavy atom. The molecule has 0 bridgehead atoms. The van der Waals surface area contributed by atoms with E-state index in [4.69, 9.17) is 45.6 Å². The van der Waals surface area contributed by atoms with E-state index < -0.39 is 92.5 Å². The molecule has 3 aromatic heterocycles. The molecule has 6 heterocycles. The fourth-order valence-electron chi connectivity index (χ4n) is 10.8. The van der Waals surface area contributed by atoms with Crippen molar-refractivity contribution in [1.29, 1.82) is 0 Å². The number of aliphatic hydroxyl groups is 3. The predicted molar refractivity (Wildman–Crippen MR) is 361 cm³/mol. The van der Waals surface area contributed by atoms with Gasteiger partial charge in [0.1, 0.15) is 34.9 Å². The fraction of sp³-hybridized carbons (Fsp3) is 0.348. The Morgan fingerprint density at radius 1 is 0.448 bits per heavy atom. The maximum absolute atomic E-state index is 13.7. The summed E-state index contributed by atoms with van der Waals surface area (Å²) in [5.74, 6) is -2.19. The summed E-state index contributed by atoms with van der Waals surface area (Å²) in [7, 11) is 0. The molecule has 12 rings (SSSR count). The normalized spacial score (nSPS) is 17.7. The van der Waals surface area contributed by atoms with Crippen molar-refractivity contribution in [3.8, 4) is 0 Å². The number of ether oxygens (including phenoxy) is 3. The first-order valence-corrected chi connectivity index (χ1v) is 30.4. The van der Waals surface area contributed by atoms with E-state index in [1.807, 2.05) is 30.7 Å². The van der Waals surface area contributed by atoms with Crippen LogP contribution >= 0.6 is 0 Å². The van der Waals surface area contributed by atoms with Gasteiger partial charge < -0.3 is 76.1 Å². The van der Waals surface area contributed by atoms with Crippen molar-refractivity contribution in [2.75, 3.05) is 149 Å². The third kappa shape index (κ3) is 18.1. The average Bonchev–Trinajstić information content (AvgIpc) is 0.842. The quantitative estimate of drug-likeness (QED) is 0.0336. The molecule has 96 heavy (non-hydrogen) atoms. The molecular weight excluding hydrogens is 1240 g/mol. The number of halogens is 3. The van der Waals surface area contributed by atoms with Crippen LogP contribution in [0.15, 0.2) is 128 Å². The van der Waals surface area contributed by atoms with Gasteiger partial charge in [0, 0.05) is 109 Å².